The SMILES string of the molecule is CNC(C)c1ccc(Br)cc1OCc1ccccn1. The van der Waals surface area contributed by atoms with Gasteiger partial charge in [0.25, 0.3) is 0 Å². The van der Waals surface area contributed by atoms with Crippen LogP contribution in [0.5, 0.6) is 5.75 Å². The molecule has 0 aliphatic carbocycles. The monoisotopic (exact) mass is 320 g/mol. The summed E-state index contributed by atoms with van der Waals surface area (Å²) in [5.41, 5.74) is 2.06. The highest BCUT2D eigenvalue weighted by atomic mass is 79.9. The maximum absolute atomic E-state index is 5.89. The normalized spacial score (nSPS) is 12.2. The predicted octanol–water partition coefficient (Wildman–Crippen LogP) is 3.70. The molecule has 1 atom stereocenters. The Morgan fingerprint density at radius 1 is 1.32 bits per heavy atom. The summed E-state index contributed by atoms with van der Waals surface area (Å²) in [5.74, 6) is 0.877. The van der Waals surface area contributed by atoms with E-state index in [-0.39, 0.29) is 6.04 Å². The summed E-state index contributed by atoms with van der Waals surface area (Å²) in [7, 11) is 1.94. The third-order valence-electron chi connectivity index (χ3n) is 2.98. The Bertz CT molecular complexity index is 531. The maximum Gasteiger partial charge on any atom is 0.130 e. The van der Waals surface area contributed by atoms with E-state index in [1.54, 1.807) is 6.20 Å². The lowest BCUT2D eigenvalue weighted by Gasteiger charge is -2.16. The van der Waals surface area contributed by atoms with Gasteiger partial charge in [0.15, 0.2) is 0 Å². The van der Waals surface area contributed by atoms with Crippen LogP contribution >= 0.6 is 15.9 Å². The largest absolute Gasteiger partial charge is 0.487 e. The molecule has 3 nitrogen and oxygen atoms in total. The van der Waals surface area contributed by atoms with E-state index >= 15 is 0 Å². The van der Waals surface area contributed by atoms with Gasteiger partial charge in [-0.3, -0.25) is 4.98 Å². The van der Waals surface area contributed by atoms with Gasteiger partial charge >= 0.3 is 0 Å². The van der Waals surface area contributed by atoms with Crippen LogP contribution in [0.15, 0.2) is 47.1 Å². The minimum absolute atomic E-state index is 0.242. The second-order valence-corrected chi connectivity index (χ2v) is 5.22. The van der Waals surface area contributed by atoms with E-state index in [1.165, 1.54) is 0 Å². The smallest absolute Gasteiger partial charge is 0.130 e. The van der Waals surface area contributed by atoms with E-state index in [0.29, 0.717) is 6.61 Å². The molecule has 2 rings (SSSR count). The van der Waals surface area contributed by atoms with E-state index < -0.39 is 0 Å². The summed E-state index contributed by atoms with van der Waals surface area (Å²) in [6.45, 7) is 2.58. The molecule has 0 aliphatic heterocycles. The zero-order valence-electron chi connectivity index (χ0n) is 11.1. The quantitative estimate of drug-likeness (QED) is 0.912. The fraction of sp³-hybridized carbons (Fsp3) is 0.267. The third-order valence-corrected chi connectivity index (χ3v) is 3.47. The molecule has 100 valence electrons. The molecule has 1 aromatic carbocycles. The molecule has 4 heteroatoms. The van der Waals surface area contributed by atoms with Crippen LogP contribution in [0, 0.1) is 0 Å². The molecule has 1 heterocycles. The predicted molar refractivity (Wildman–Crippen MR) is 80.2 cm³/mol. The van der Waals surface area contributed by atoms with Crippen molar-refractivity contribution in [2.45, 2.75) is 19.6 Å². The fourth-order valence-corrected chi connectivity index (χ4v) is 2.12. The number of hydrogen-bond acceptors (Lipinski definition) is 3. The van der Waals surface area contributed by atoms with E-state index in [2.05, 4.69) is 39.2 Å². The molecule has 1 unspecified atom stereocenters. The Balaban J connectivity index is 2.16. The summed E-state index contributed by atoms with van der Waals surface area (Å²) < 4.78 is 6.90. The number of benzene rings is 1. The van der Waals surface area contributed by atoms with E-state index in [1.807, 2.05) is 37.4 Å². The van der Waals surface area contributed by atoms with Crippen molar-refractivity contribution in [2.75, 3.05) is 7.05 Å². The molecule has 0 amide bonds. The molecule has 0 aliphatic rings. The van der Waals surface area contributed by atoms with Gasteiger partial charge in [-0.2, -0.15) is 0 Å². The van der Waals surface area contributed by atoms with Crippen LogP contribution in [0.4, 0.5) is 0 Å². The number of ether oxygens (including phenoxy) is 1. The topological polar surface area (TPSA) is 34.1 Å². The summed E-state index contributed by atoms with van der Waals surface area (Å²) in [6, 6.07) is 12.1. The average molecular weight is 321 g/mol. The van der Waals surface area contributed by atoms with Gasteiger partial charge in [0.05, 0.1) is 5.69 Å². The Morgan fingerprint density at radius 3 is 2.84 bits per heavy atom. The highest BCUT2D eigenvalue weighted by molar-refractivity contribution is 9.10. The lowest BCUT2D eigenvalue weighted by atomic mass is 10.1. The van der Waals surface area contributed by atoms with Crippen LogP contribution in [0.1, 0.15) is 24.2 Å². The fourth-order valence-electron chi connectivity index (χ4n) is 1.78. The van der Waals surface area contributed by atoms with E-state index in [0.717, 1.165) is 21.5 Å². The van der Waals surface area contributed by atoms with Crippen LogP contribution in [0.3, 0.4) is 0 Å². The second kappa shape index (κ2) is 6.68. The standard InChI is InChI=1S/C15H17BrN2O/c1-11(17-2)14-7-6-12(16)9-15(14)19-10-13-5-3-4-8-18-13/h3-9,11,17H,10H2,1-2H3. The molecule has 0 bridgehead atoms. The van der Waals surface area contributed by atoms with Gasteiger partial charge in [-0.15, -0.1) is 0 Å². The molecule has 19 heavy (non-hydrogen) atoms. The first-order valence-electron chi connectivity index (χ1n) is 6.20. The molecule has 2 aromatic rings. The Morgan fingerprint density at radius 2 is 2.16 bits per heavy atom. The van der Waals surface area contributed by atoms with Crippen molar-refractivity contribution in [3.05, 3.63) is 58.3 Å². The van der Waals surface area contributed by atoms with Crippen molar-refractivity contribution in [3.63, 3.8) is 0 Å². The number of halogens is 1. The van der Waals surface area contributed by atoms with Crippen molar-refractivity contribution in [1.82, 2.24) is 10.3 Å². The number of hydrogen-bond donors (Lipinski definition) is 1. The molecule has 0 radical (unpaired) electrons. The van der Waals surface area contributed by atoms with Crippen LogP contribution in [-0.4, -0.2) is 12.0 Å². The molecule has 0 spiro atoms. The third kappa shape index (κ3) is 3.78. The second-order valence-electron chi connectivity index (χ2n) is 4.30. The first-order chi connectivity index (χ1) is 9.20. The van der Waals surface area contributed by atoms with Crippen LogP contribution in [0.25, 0.3) is 0 Å². The summed E-state index contributed by atoms with van der Waals surface area (Å²) >= 11 is 3.48. The van der Waals surface area contributed by atoms with E-state index in [4.69, 9.17) is 4.74 Å². The molecular weight excluding hydrogens is 304 g/mol. The Kier molecular flexibility index (Phi) is 4.93. The lowest BCUT2D eigenvalue weighted by molar-refractivity contribution is 0.295. The number of nitrogens with one attached hydrogen (secondary N) is 1. The van der Waals surface area contributed by atoms with E-state index in [9.17, 15) is 0 Å². The maximum atomic E-state index is 5.89. The summed E-state index contributed by atoms with van der Waals surface area (Å²) in [5, 5.41) is 3.23. The van der Waals surface area contributed by atoms with Gasteiger partial charge in [0, 0.05) is 22.3 Å². The molecule has 1 aromatic heterocycles. The molecular formula is C15H17BrN2O. The average Bonchev–Trinajstić information content (AvgIpc) is 2.45. The summed E-state index contributed by atoms with van der Waals surface area (Å²) in [6.07, 6.45) is 1.77. The Labute approximate surface area is 122 Å². The first kappa shape index (κ1) is 14.0. The van der Waals surface area contributed by atoms with Crippen LogP contribution < -0.4 is 10.1 Å². The van der Waals surface area contributed by atoms with Gasteiger partial charge in [0.1, 0.15) is 12.4 Å². The zero-order valence-corrected chi connectivity index (χ0v) is 12.6. The van der Waals surface area contributed by atoms with Gasteiger partial charge in [-0.05, 0) is 38.2 Å². The van der Waals surface area contributed by atoms with Gasteiger partial charge in [-0.1, -0.05) is 28.1 Å². The number of aromatic nitrogens is 1. The van der Waals surface area contributed by atoms with Crippen molar-refractivity contribution >= 4 is 15.9 Å². The molecule has 0 fully saturated rings. The zero-order chi connectivity index (χ0) is 13.7. The van der Waals surface area contributed by atoms with Crippen LogP contribution in [-0.2, 0) is 6.61 Å². The Hall–Kier alpha value is -1.39. The minimum atomic E-state index is 0.242. The van der Waals surface area contributed by atoms with Crippen molar-refractivity contribution in [1.29, 1.82) is 0 Å². The number of pyridine rings is 1. The van der Waals surface area contributed by atoms with Gasteiger partial charge in [-0.25, -0.2) is 0 Å². The summed E-state index contributed by atoms with van der Waals surface area (Å²) in [4.78, 5) is 4.26. The van der Waals surface area contributed by atoms with Crippen molar-refractivity contribution in [3.8, 4) is 5.75 Å². The first-order valence-corrected chi connectivity index (χ1v) is 6.99. The van der Waals surface area contributed by atoms with Crippen molar-refractivity contribution < 1.29 is 4.74 Å². The molecule has 0 saturated heterocycles. The highest BCUT2D eigenvalue weighted by Gasteiger charge is 2.10. The number of nitrogens with zero attached hydrogens (tertiary/aromatic N) is 1. The van der Waals surface area contributed by atoms with Gasteiger partial charge < -0.3 is 10.1 Å². The molecule has 0 saturated carbocycles. The highest BCUT2D eigenvalue weighted by Crippen LogP contribution is 2.29. The lowest BCUT2D eigenvalue weighted by Crippen LogP contribution is -2.13. The van der Waals surface area contributed by atoms with Gasteiger partial charge in [0.2, 0.25) is 0 Å². The van der Waals surface area contributed by atoms with Crippen molar-refractivity contribution in [2.24, 2.45) is 0 Å². The van der Waals surface area contributed by atoms with Crippen LogP contribution in [0.2, 0.25) is 0 Å². The minimum Gasteiger partial charge on any atom is -0.487 e. The number of rotatable bonds is 5. The molecule has 1 N–H and O–H groups in total.